The first-order valence-corrected chi connectivity index (χ1v) is 9.34. The van der Waals surface area contributed by atoms with Crippen molar-refractivity contribution in [2.24, 2.45) is 0 Å². The summed E-state index contributed by atoms with van der Waals surface area (Å²) in [5.41, 5.74) is -2.46. The van der Waals surface area contributed by atoms with Crippen molar-refractivity contribution in [3.8, 4) is 0 Å². The Morgan fingerprint density at radius 1 is 1.29 bits per heavy atom. The van der Waals surface area contributed by atoms with Crippen molar-refractivity contribution in [2.75, 3.05) is 19.8 Å². The van der Waals surface area contributed by atoms with E-state index in [1.165, 1.54) is 4.90 Å². The predicted molar refractivity (Wildman–Crippen MR) is 91.7 cm³/mol. The van der Waals surface area contributed by atoms with Crippen molar-refractivity contribution >= 4 is 17.5 Å². The normalized spacial score (nSPS) is 21.3. The summed E-state index contributed by atoms with van der Waals surface area (Å²) in [6, 6.07) is -1.15. The summed E-state index contributed by atoms with van der Waals surface area (Å²) < 4.78 is 47.9. The summed E-state index contributed by atoms with van der Waals surface area (Å²) >= 11 is -1.56. The lowest BCUT2D eigenvalue weighted by Crippen LogP contribution is -2.59. The molecule has 0 aromatic carbocycles. The van der Waals surface area contributed by atoms with Crippen LogP contribution in [0.25, 0.3) is 0 Å². The zero-order valence-electron chi connectivity index (χ0n) is 15.4. The highest BCUT2D eigenvalue weighted by molar-refractivity contribution is 7.90. The Kier molecular flexibility index (Phi) is 6.92. The molecule has 0 aliphatic carbocycles. The van der Waals surface area contributed by atoms with E-state index < -0.39 is 46.2 Å². The number of nitrogens with zero attached hydrogens (tertiary/aromatic N) is 1. The number of halogens is 2. The molecule has 24 heavy (non-hydrogen) atoms. The Hall–Kier alpha value is -0.600. The first kappa shape index (κ1) is 21.4. The summed E-state index contributed by atoms with van der Waals surface area (Å²) in [6.45, 7) is 9.84. The fraction of sp³-hybridized carbons (Fsp3) is 0.938. The van der Waals surface area contributed by atoms with Gasteiger partial charge in [0.2, 0.25) is 0 Å². The van der Waals surface area contributed by atoms with Crippen molar-refractivity contribution in [3.63, 3.8) is 0 Å². The van der Waals surface area contributed by atoms with Gasteiger partial charge in [-0.2, -0.15) is 0 Å². The van der Waals surface area contributed by atoms with Crippen molar-refractivity contribution in [1.82, 2.24) is 9.62 Å². The molecule has 5 nitrogen and oxygen atoms in total. The molecule has 1 aliphatic heterocycles. The van der Waals surface area contributed by atoms with E-state index in [-0.39, 0.29) is 25.9 Å². The minimum atomic E-state index is -1.84. The molecular weight excluding hydrogens is 338 g/mol. The molecule has 1 rings (SSSR count). The van der Waals surface area contributed by atoms with Gasteiger partial charge in [0.05, 0.1) is 0 Å². The number of likely N-dealkylation sites (tertiary alicyclic amines) is 1. The van der Waals surface area contributed by atoms with Crippen LogP contribution in [0.5, 0.6) is 0 Å². The van der Waals surface area contributed by atoms with Gasteiger partial charge in [-0.25, -0.2) is 13.6 Å². The second-order valence-electron chi connectivity index (χ2n) is 8.21. The average Bonchev–Trinajstić information content (AvgIpc) is 2.41. The highest BCUT2D eigenvalue weighted by Crippen LogP contribution is 2.32. The number of amides is 1. The second kappa shape index (κ2) is 7.74. The number of ether oxygens (including phenoxy) is 1. The predicted octanol–water partition coefficient (Wildman–Crippen LogP) is 3.12. The highest BCUT2D eigenvalue weighted by atomic mass is 32.2. The van der Waals surface area contributed by atoms with Gasteiger partial charge in [0.25, 0.3) is 0 Å². The Morgan fingerprint density at radius 3 is 2.17 bits per heavy atom. The number of alkyl halides is 2. The fourth-order valence-electron chi connectivity index (χ4n) is 2.32. The quantitative estimate of drug-likeness (QED) is 0.775. The monoisotopic (exact) mass is 368 g/mol. The van der Waals surface area contributed by atoms with E-state index in [4.69, 9.17) is 4.74 Å². The molecule has 8 heteroatoms. The summed E-state index contributed by atoms with van der Waals surface area (Å²) in [5.74, 6) is 0. The topological polar surface area (TPSA) is 64.6 Å². The summed E-state index contributed by atoms with van der Waals surface area (Å²) in [4.78, 5) is 13.4. The smallest absolute Gasteiger partial charge is 0.410 e. The van der Waals surface area contributed by atoms with E-state index in [1.54, 1.807) is 41.5 Å². The zero-order chi connectivity index (χ0) is 18.8. The van der Waals surface area contributed by atoms with E-state index in [0.717, 1.165) is 0 Å². The van der Waals surface area contributed by atoms with Crippen molar-refractivity contribution in [1.29, 1.82) is 0 Å². The third-order valence-corrected chi connectivity index (χ3v) is 5.44. The lowest BCUT2D eigenvalue weighted by Gasteiger charge is -2.41. The fourth-order valence-corrected chi connectivity index (χ4v) is 3.20. The minimum Gasteiger partial charge on any atom is -0.598 e. The van der Waals surface area contributed by atoms with Crippen LogP contribution in [0.1, 0.15) is 54.4 Å². The van der Waals surface area contributed by atoms with E-state index in [0.29, 0.717) is 0 Å². The third kappa shape index (κ3) is 6.04. The van der Waals surface area contributed by atoms with Crippen LogP contribution in [-0.2, 0) is 16.1 Å². The molecule has 1 saturated heterocycles. The van der Waals surface area contributed by atoms with Crippen molar-refractivity contribution in [3.05, 3.63) is 0 Å². The van der Waals surface area contributed by atoms with Crippen LogP contribution in [0.3, 0.4) is 0 Å². The van der Waals surface area contributed by atoms with E-state index in [1.807, 2.05) is 0 Å². The van der Waals surface area contributed by atoms with E-state index in [9.17, 15) is 13.7 Å². The number of rotatable bonds is 4. The maximum absolute atomic E-state index is 15.1. The Morgan fingerprint density at radius 2 is 1.79 bits per heavy atom. The molecule has 1 fully saturated rings. The standard InChI is InChI=1S/C16H30F2N2O3S/c1-14(2,3)23-13(21)20-9-7-16(18,8-10-20)12(11-17)19-24(22)15(4,5)6/h12,19H,7-11H2,1-6H3. The highest BCUT2D eigenvalue weighted by Gasteiger charge is 2.46. The van der Waals surface area contributed by atoms with E-state index >= 15 is 4.39 Å². The molecule has 0 spiro atoms. The van der Waals surface area contributed by atoms with Crippen LogP contribution in [0, 0.1) is 0 Å². The molecular formula is C16H30F2N2O3S. The van der Waals surface area contributed by atoms with Gasteiger partial charge in [-0.15, -0.1) is 4.72 Å². The van der Waals surface area contributed by atoms with Gasteiger partial charge in [-0.05, 0) is 41.5 Å². The second-order valence-corrected chi connectivity index (χ2v) is 10.2. The molecule has 0 saturated carbocycles. The molecule has 0 bridgehead atoms. The summed E-state index contributed by atoms with van der Waals surface area (Å²) in [5, 5.41) is 0. The summed E-state index contributed by atoms with van der Waals surface area (Å²) in [7, 11) is 0. The van der Waals surface area contributed by atoms with Gasteiger partial charge in [-0.3, -0.25) is 0 Å². The molecule has 0 aromatic rings. The molecule has 0 aromatic heterocycles. The first-order chi connectivity index (χ1) is 10.8. The molecule has 142 valence electrons. The number of carbonyl (C=O) groups excluding carboxylic acids is 1. The Balaban J connectivity index is 2.66. The van der Waals surface area contributed by atoms with Crippen LogP contribution in [-0.4, -0.2) is 57.4 Å². The molecule has 1 heterocycles. The molecule has 2 unspecified atom stereocenters. The average molecular weight is 368 g/mol. The van der Waals surface area contributed by atoms with Crippen molar-refractivity contribution < 1.29 is 22.9 Å². The SMILES string of the molecule is CC(C)(C)OC(=O)N1CCC(F)(C(CF)N[S+]([O-])C(C)(C)C)CC1. The van der Waals surface area contributed by atoms with E-state index in [2.05, 4.69) is 4.72 Å². The first-order valence-electron chi connectivity index (χ1n) is 8.19. The number of hydrogen-bond acceptors (Lipinski definition) is 4. The maximum Gasteiger partial charge on any atom is 0.410 e. The molecule has 1 aliphatic rings. The van der Waals surface area contributed by atoms with Gasteiger partial charge < -0.3 is 14.2 Å². The van der Waals surface area contributed by atoms with Crippen LogP contribution in [0.2, 0.25) is 0 Å². The molecule has 2 atom stereocenters. The largest absolute Gasteiger partial charge is 0.598 e. The van der Waals surface area contributed by atoms with Gasteiger partial charge in [0.1, 0.15) is 28.7 Å². The third-order valence-electron chi connectivity index (χ3n) is 3.83. The van der Waals surface area contributed by atoms with Crippen LogP contribution >= 0.6 is 0 Å². The van der Waals surface area contributed by atoms with Crippen LogP contribution in [0.15, 0.2) is 0 Å². The number of piperidine rings is 1. The zero-order valence-corrected chi connectivity index (χ0v) is 16.3. The maximum atomic E-state index is 15.1. The van der Waals surface area contributed by atoms with Gasteiger partial charge in [0, 0.05) is 37.3 Å². The van der Waals surface area contributed by atoms with Crippen molar-refractivity contribution in [2.45, 2.75) is 76.4 Å². The van der Waals surface area contributed by atoms with Gasteiger partial charge in [0.15, 0.2) is 0 Å². The Labute approximate surface area is 146 Å². The van der Waals surface area contributed by atoms with Gasteiger partial charge >= 0.3 is 6.09 Å². The molecule has 0 radical (unpaired) electrons. The van der Waals surface area contributed by atoms with Crippen LogP contribution in [0.4, 0.5) is 13.6 Å². The van der Waals surface area contributed by atoms with Gasteiger partial charge in [-0.1, -0.05) is 0 Å². The number of nitrogens with one attached hydrogen (secondary N) is 1. The lowest BCUT2D eigenvalue weighted by atomic mass is 9.87. The van der Waals surface area contributed by atoms with Crippen LogP contribution < -0.4 is 4.72 Å². The summed E-state index contributed by atoms with van der Waals surface area (Å²) in [6.07, 6.45) is -0.530. The Bertz CT molecular complexity index is 430. The number of carbonyl (C=O) groups is 1. The minimum absolute atomic E-state index is 0.0187. The number of hydrogen-bond donors (Lipinski definition) is 1. The molecule has 1 N–H and O–H groups in total. The lowest BCUT2D eigenvalue weighted by molar-refractivity contribution is -0.00701. The molecule has 1 amide bonds.